The van der Waals surface area contributed by atoms with Gasteiger partial charge in [0.15, 0.2) is 5.96 Å². The number of hydrogen-bond donors (Lipinski definition) is 3. The van der Waals surface area contributed by atoms with E-state index < -0.39 is 6.10 Å². The van der Waals surface area contributed by atoms with Crippen LogP contribution >= 0.6 is 47.2 Å². The molecule has 0 aliphatic carbocycles. The molecule has 130 valence electrons. The van der Waals surface area contributed by atoms with Crippen LogP contribution in [0, 0.1) is 0 Å². The van der Waals surface area contributed by atoms with Crippen LogP contribution in [0.25, 0.3) is 0 Å². The molecule has 0 aliphatic heterocycles. The Kier molecular flexibility index (Phi) is 12.3. The molecule has 0 spiro atoms. The molecule has 0 aliphatic rings. The van der Waals surface area contributed by atoms with E-state index in [1.807, 2.05) is 6.92 Å². The van der Waals surface area contributed by atoms with Crippen LogP contribution in [0.3, 0.4) is 0 Å². The molecule has 3 N–H and O–H groups in total. The predicted molar refractivity (Wildman–Crippen MR) is 108 cm³/mol. The van der Waals surface area contributed by atoms with Gasteiger partial charge in [0.1, 0.15) is 23.5 Å². The molecule has 1 rings (SSSR count). The van der Waals surface area contributed by atoms with Gasteiger partial charge in [-0.3, -0.25) is 4.99 Å². The van der Waals surface area contributed by atoms with Crippen molar-refractivity contribution in [3.05, 3.63) is 40.9 Å². The standard InChI is InChI=1S/C15H21Cl2N3O2.HI/c1-3-8-19-15(18-4-2)20-9-11(21)10-22-13-7-5-6-12(16)14(13)17;/h3,5-7,11,21H,1,4,8-10H2,2H3,(H2,18,19,20);1H. The second kappa shape index (κ2) is 12.7. The first-order chi connectivity index (χ1) is 10.6. The average molecular weight is 474 g/mol. The highest BCUT2D eigenvalue weighted by atomic mass is 127. The maximum atomic E-state index is 9.93. The van der Waals surface area contributed by atoms with Crippen molar-refractivity contribution in [2.24, 2.45) is 4.99 Å². The molecule has 1 unspecified atom stereocenters. The van der Waals surface area contributed by atoms with Gasteiger partial charge >= 0.3 is 0 Å². The summed E-state index contributed by atoms with van der Waals surface area (Å²) < 4.78 is 5.46. The number of ether oxygens (including phenoxy) is 1. The van der Waals surface area contributed by atoms with Gasteiger partial charge in [-0.05, 0) is 19.1 Å². The smallest absolute Gasteiger partial charge is 0.191 e. The lowest BCUT2D eigenvalue weighted by Crippen LogP contribution is -2.38. The van der Waals surface area contributed by atoms with Crippen LogP contribution in [0.4, 0.5) is 0 Å². The molecule has 0 bridgehead atoms. The maximum absolute atomic E-state index is 9.93. The van der Waals surface area contributed by atoms with Crippen molar-refractivity contribution in [2.45, 2.75) is 13.0 Å². The van der Waals surface area contributed by atoms with Crippen LogP contribution < -0.4 is 15.4 Å². The van der Waals surface area contributed by atoms with Crippen molar-refractivity contribution in [1.82, 2.24) is 10.6 Å². The molecule has 0 amide bonds. The first-order valence-corrected chi connectivity index (χ1v) is 7.72. The van der Waals surface area contributed by atoms with E-state index in [4.69, 9.17) is 27.9 Å². The normalized spacial score (nSPS) is 12.1. The third-order valence-corrected chi connectivity index (χ3v) is 3.37. The topological polar surface area (TPSA) is 65.9 Å². The fraction of sp³-hybridized carbons (Fsp3) is 0.400. The summed E-state index contributed by atoms with van der Waals surface area (Å²) in [4.78, 5) is 4.26. The molecule has 0 saturated heterocycles. The SMILES string of the molecule is C=CCNC(=NCC(O)COc1cccc(Cl)c1Cl)NCC.I. The van der Waals surface area contributed by atoms with Crippen LogP contribution in [0.5, 0.6) is 5.75 Å². The third kappa shape index (κ3) is 8.64. The first-order valence-electron chi connectivity index (χ1n) is 6.96. The van der Waals surface area contributed by atoms with E-state index in [2.05, 4.69) is 22.2 Å². The summed E-state index contributed by atoms with van der Waals surface area (Å²) in [5, 5.41) is 16.8. The van der Waals surface area contributed by atoms with E-state index in [0.29, 0.717) is 28.3 Å². The predicted octanol–water partition coefficient (Wildman–Crippen LogP) is 3.09. The van der Waals surface area contributed by atoms with Crippen LogP contribution in [0.1, 0.15) is 6.92 Å². The van der Waals surface area contributed by atoms with Crippen molar-refractivity contribution >= 4 is 53.1 Å². The molecule has 0 heterocycles. The highest BCUT2D eigenvalue weighted by molar-refractivity contribution is 14.0. The number of aliphatic hydroxyl groups is 1. The molecule has 0 aromatic heterocycles. The Hall–Kier alpha value is -0.700. The number of nitrogens with one attached hydrogen (secondary N) is 2. The highest BCUT2D eigenvalue weighted by Gasteiger charge is 2.09. The number of nitrogens with zero attached hydrogens (tertiary/aromatic N) is 1. The summed E-state index contributed by atoms with van der Waals surface area (Å²) in [6.45, 7) is 7.19. The quantitative estimate of drug-likeness (QED) is 0.235. The number of hydrogen-bond acceptors (Lipinski definition) is 3. The zero-order chi connectivity index (χ0) is 16.4. The van der Waals surface area contributed by atoms with E-state index in [0.717, 1.165) is 6.54 Å². The fourth-order valence-electron chi connectivity index (χ4n) is 1.54. The number of guanidine groups is 1. The van der Waals surface area contributed by atoms with Gasteiger partial charge in [-0.1, -0.05) is 35.3 Å². The molecular formula is C15H22Cl2IN3O2. The molecular weight excluding hydrogens is 452 g/mol. The van der Waals surface area contributed by atoms with Crippen LogP contribution in [-0.2, 0) is 0 Å². The van der Waals surface area contributed by atoms with Gasteiger partial charge in [0, 0.05) is 13.1 Å². The second-order valence-electron chi connectivity index (χ2n) is 4.41. The lowest BCUT2D eigenvalue weighted by Gasteiger charge is -2.14. The van der Waals surface area contributed by atoms with Gasteiger partial charge in [-0.2, -0.15) is 0 Å². The lowest BCUT2D eigenvalue weighted by atomic mass is 10.3. The van der Waals surface area contributed by atoms with E-state index in [1.54, 1.807) is 24.3 Å². The van der Waals surface area contributed by atoms with E-state index in [-0.39, 0.29) is 37.1 Å². The van der Waals surface area contributed by atoms with Gasteiger partial charge in [-0.25, -0.2) is 0 Å². The zero-order valence-corrected chi connectivity index (χ0v) is 16.7. The molecule has 0 fully saturated rings. The zero-order valence-electron chi connectivity index (χ0n) is 12.9. The van der Waals surface area contributed by atoms with Crippen molar-refractivity contribution in [2.75, 3.05) is 26.2 Å². The fourth-order valence-corrected chi connectivity index (χ4v) is 1.89. The van der Waals surface area contributed by atoms with E-state index >= 15 is 0 Å². The summed E-state index contributed by atoms with van der Waals surface area (Å²) in [5.41, 5.74) is 0. The minimum atomic E-state index is -0.755. The van der Waals surface area contributed by atoms with Gasteiger partial charge in [-0.15, -0.1) is 30.6 Å². The summed E-state index contributed by atoms with van der Waals surface area (Å²) in [6.07, 6.45) is 0.974. The van der Waals surface area contributed by atoms with Crippen molar-refractivity contribution in [3.8, 4) is 5.75 Å². The molecule has 23 heavy (non-hydrogen) atoms. The molecule has 1 aromatic rings. The average Bonchev–Trinajstić information content (AvgIpc) is 2.51. The molecule has 0 radical (unpaired) electrons. The van der Waals surface area contributed by atoms with Crippen molar-refractivity contribution in [3.63, 3.8) is 0 Å². The molecule has 0 saturated carbocycles. The second-order valence-corrected chi connectivity index (χ2v) is 5.19. The number of aliphatic hydroxyl groups excluding tert-OH is 1. The van der Waals surface area contributed by atoms with Crippen molar-refractivity contribution < 1.29 is 9.84 Å². The van der Waals surface area contributed by atoms with Crippen molar-refractivity contribution in [1.29, 1.82) is 0 Å². The number of rotatable bonds is 8. The highest BCUT2D eigenvalue weighted by Crippen LogP contribution is 2.31. The number of halogens is 3. The maximum Gasteiger partial charge on any atom is 0.191 e. The Bertz CT molecular complexity index is 515. The summed E-state index contributed by atoms with van der Waals surface area (Å²) in [7, 11) is 0. The number of benzene rings is 1. The molecule has 1 atom stereocenters. The molecule has 8 heteroatoms. The van der Waals surface area contributed by atoms with Gasteiger partial charge in [0.2, 0.25) is 0 Å². The Balaban J connectivity index is 0.00000484. The Morgan fingerprint density at radius 1 is 1.43 bits per heavy atom. The summed E-state index contributed by atoms with van der Waals surface area (Å²) in [6, 6.07) is 5.10. The van der Waals surface area contributed by atoms with E-state index in [9.17, 15) is 5.11 Å². The van der Waals surface area contributed by atoms with Crippen LogP contribution in [-0.4, -0.2) is 43.4 Å². The molecule has 5 nitrogen and oxygen atoms in total. The Morgan fingerprint density at radius 2 is 2.17 bits per heavy atom. The minimum absolute atomic E-state index is 0. The first kappa shape index (κ1) is 22.3. The van der Waals surface area contributed by atoms with Crippen LogP contribution in [0.2, 0.25) is 10.0 Å². The summed E-state index contributed by atoms with van der Waals surface area (Å²) in [5.74, 6) is 1.05. The largest absolute Gasteiger partial charge is 0.489 e. The van der Waals surface area contributed by atoms with Gasteiger partial charge in [0.05, 0.1) is 11.6 Å². The Labute approximate surface area is 164 Å². The molecule has 1 aromatic carbocycles. The number of aliphatic imine (C=N–C) groups is 1. The van der Waals surface area contributed by atoms with Crippen LogP contribution in [0.15, 0.2) is 35.8 Å². The van der Waals surface area contributed by atoms with E-state index in [1.165, 1.54) is 0 Å². The minimum Gasteiger partial charge on any atom is -0.489 e. The van der Waals surface area contributed by atoms with Gasteiger partial charge in [0.25, 0.3) is 0 Å². The summed E-state index contributed by atoms with van der Waals surface area (Å²) >= 11 is 11.9. The third-order valence-electron chi connectivity index (χ3n) is 2.57. The monoisotopic (exact) mass is 473 g/mol. The lowest BCUT2D eigenvalue weighted by molar-refractivity contribution is 0.114. The Morgan fingerprint density at radius 3 is 2.83 bits per heavy atom. The van der Waals surface area contributed by atoms with Gasteiger partial charge < -0.3 is 20.5 Å².